The van der Waals surface area contributed by atoms with Gasteiger partial charge in [0.1, 0.15) is 9.75 Å². The van der Waals surface area contributed by atoms with E-state index in [-0.39, 0.29) is 40.5 Å². The van der Waals surface area contributed by atoms with Gasteiger partial charge in [-0.15, -0.1) is 34.8 Å². The van der Waals surface area contributed by atoms with Gasteiger partial charge in [0.05, 0.1) is 28.7 Å². The van der Waals surface area contributed by atoms with Crippen LogP contribution in [0.3, 0.4) is 0 Å². The molecule has 0 aromatic rings. The molecule has 120 valence electrons. The SMILES string of the molecule is ClC1=C(Cl)C2(Cl)C3C(Cl)C=CC3C1(Cl)C2(Cl)Cl.OCCO. The zero-order valence-electron chi connectivity index (χ0n) is 10.3. The molecule has 2 nitrogen and oxygen atoms in total. The molecule has 2 N–H and O–H groups in total. The van der Waals surface area contributed by atoms with Crippen LogP contribution in [0.1, 0.15) is 0 Å². The minimum Gasteiger partial charge on any atom is -0.394 e. The molecule has 0 spiro atoms. The number of hydrogen-bond acceptors (Lipinski definition) is 2. The molecular formula is C12H11Cl7O2. The van der Waals surface area contributed by atoms with Gasteiger partial charge in [0, 0.05) is 11.8 Å². The Kier molecular flexibility index (Phi) is 5.41. The van der Waals surface area contributed by atoms with Gasteiger partial charge >= 0.3 is 0 Å². The topological polar surface area (TPSA) is 40.5 Å². The van der Waals surface area contributed by atoms with Crippen LogP contribution >= 0.6 is 81.2 Å². The standard InChI is InChI=1S/C10H5Cl7.C2H6O2/c11-4-2-1-3-5(4)9(15)7(13)6(12)8(3,14)10(9,16)17;3-1-2-4/h1-5H;3-4H,1-2H2. The first-order valence-electron chi connectivity index (χ1n) is 5.98. The molecule has 1 saturated carbocycles. The smallest absolute Gasteiger partial charge is 0.167 e. The lowest BCUT2D eigenvalue weighted by Gasteiger charge is -2.34. The molecule has 0 radical (unpaired) electrons. The van der Waals surface area contributed by atoms with Crippen LogP contribution in [0.2, 0.25) is 0 Å². The van der Waals surface area contributed by atoms with Crippen LogP contribution in [-0.4, -0.2) is 42.9 Å². The van der Waals surface area contributed by atoms with Crippen molar-refractivity contribution in [2.75, 3.05) is 13.2 Å². The van der Waals surface area contributed by atoms with Gasteiger partial charge in [0.25, 0.3) is 0 Å². The van der Waals surface area contributed by atoms with E-state index in [1.807, 2.05) is 12.2 Å². The number of halogens is 7. The van der Waals surface area contributed by atoms with Crippen molar-refractivity contribution in [2.24, 2.45) is 11.8 Å². The van der Waals surface area contributed by atoms with Crippen LogP contribution in [0.4, 0.5) is 0 Å². The summed E-state index contributed by atoms with van der Waals surface area (Å²) in [6.45, 7) is -0.250. The maximum atomic E-state index is 7.62. The number of hydrogen-bond donors (Lipinski definition) is 2. The van der Waals surface area contributed by atoms with Crippen molar-refractivity contribution >= 4 is 81.2 Å². The number of allylic oxidation sites excluding steroid dienone is 4. The van der Waals surface area contributed by atoms with Crippen molar-refractivity contribution in [3.8, 4) is 0 Å². The van der Waals surface area contributed by atoms with E-state index in [0.717, 1.165) is 0 Å². The van der Waals surface area contributed by atoms with Gasteiger partial charge in [-0.2, -0.15) is 0 Å². The van der Waals surface area contributed by atoms with Crippen molar-refractivity contribution in [2.45, 2.75) is 19.5 Å². The number of fused-ring (bicyclic) bond motifs is 5. The number of rotatable bonds is 1. The normalized spacial score (nSPS) is 45.7. The van der Waals surface area contributed by atoms with E-state index < -0.39 is 14.1 Å². The Morgan fingerprint density at radius 2 is 1.38 bits per heavy atom. The predicted molar refractivity (Wildman–Crippen MR) is 90.3 cm³/mol. The quantitative estimate of drug-likeness (QED) is 0.479. The molecule has 0 aliphatic heterocycles. The van der Waals surface area contributed by atoms with Gasteiger partial charge < -0.3 is 10.2 Å². The monoisotopic (exact) mass is 432 g/mol. The molecule has 9 heteroatoms. The molecule has 1 fully saturated rings. The van der Waals surface area contributed by atoms with Crippen molar-refractivity contribution in [3.63, 3.8) is 0 Å². The molecule has 3 aliphatic rings. The van der Waals surface area contributed by atoms with E-state index in [0.29, 0.717) is 0 Å². The van der Waals surface area contributed by atoms with Gasteiger partial charge in [-0.05, 0) is 0 Å². The second kappa shape index (κ2) is 6.06. The molecule has 5 unspecified atom stereocenters. The van der Waals surface area contributed by atoms with Crippen LogP contribution < -0.4 is 0 Å². The van der Waals surface area contributed by atoms with Crippen LogP contribution in [0, 0.1) is 11.8 Å². The third kappa shape index (κ3) is 2.14. The fourth-order valence-corrected chi connectivity index (χ4v) is 6.60. The average molecular weight is 435 g/mol. The summed E-state index contributed by atoms with van der Waals surface area (Å²) in [7, 11) is 0. The predicted octanol–water partition coefficient (Wildman–Crippen LogP) is 4.21. The van der Waals surface area contributed by atoms with Crippen molar-refractivity contribution in [3.05, 3.63) is 22.2 Å². The Hall–Kier alpha value is 1.43. The summed E-state index contributed by atoms with van der Waals surface area (Å²) in [5, 5.41) is 15.4. The first kappa shape index (κ1) is 18.8. The van der Waals surface area contributed by atoms with Crippen LogP contribution in [0.5, 0.6) is 0 Å². The summed E-state index contributed by atoms with van der Waals surface area (Å²) in [6, 6.07) is 0. The Morgan fingerprint density at radius 3 is 1.86 bits per heavy atom. The summed E-state index contributed by atoms with van der Waals surface area (Å²) >= 11 is 44.5. The third-order valence-electron chi connectivity index (χ3n) is 4.00. The molecule has 0 amide bonds. The van der Waals surface area contributed by atoms with E-state index >= 15 is 0 Å². The van der Waals surface area contributed by atoms with Crippen molar-refractivity contribution in [1.29, 1.82) is 0 Å². The van der Waals surface area contributed by atoms with E-state index in [1.54, 1.807) is 0 Å². The van der Waals surface area contributed by atoms with Gasteiger partial charge in [-0.3, -0.25) is 0 Å². The van der Waals surface area contributed by atoms with E-state index in [2.05, 4.69) is 0 Å². The second-order valence-electron chi connectivity index (χ2n) is 4.95. The molecule has 21 heavy (non-hydrogen) atoms. The minimum absolute atomic E-state index is 0.125. The van der Waals surface area contributed by atoms with E-state index in [1.165, 1.54) is 0 Å². The van der Waals surface area contributed by atoms with Gasteiger partial charge in [-0.25, -0.2) is 0 Å². The van der Waals surface area contributed by atoms with E-state index in [9.17, 15) is 0 Å². The largest absolute Gasteiger partial charge is 0.394 e. The lowest BCUT2D eigenvalue weighted by Crippen LogP contribution is -2.45. The molecule has 2 bridgehead atoms. The molecule has 0 aromatic heterocycles. The first-order chi connectivity index (χ1) is 9.62. The summed E-state index contributed by atoms with van der Waals surface area (Å²) < 4.78 is -1.48. The highest BCUT2D eigenvalue weighted by atomic mass is 35.5. The highest BCUT2D eigenvalue weighted by molar-refractivity contribution is 6.66. The third-order valence-corrected chi connectivity index (χ3v) is 8.71. The fourth-order valence-electron chi connectivity index (χ4n) is 3.08. The molecule has 5 atom stereocenters. The summed E-state index contributed by atoms with van der Waals surface area (Å²) in [5.74, 6) is -0.470. The number of aliphatic hydroxyl groups is 2. The van der Waals surface area contributed by atoms with E-state index in [4.69, 9.17) is 91.4 Å². The molecule has 0 saturated heterocycles. The molecule has 0 heterocycles. The maximum absolute atomic E-state index is 7.62. The van der Waals surface area contributed by atoms with Gasteiger partial charge in [-0.1, -0.05) is 58.6 Å². The first-order valence-corrected chi connectivity index (χ1v) is 8.68. The lowest BCUT2D eigenvalue weighted by atomic mass is 9.84. The molecular weight excluding hydrogens is 424 g/mol. The Bertz CT molecular complexity index is 504. The van der Waals surface area contributed by atoms with Crippen LogP contribution in [-0.2, 0) is 0 Å². The summed E-state index contributed by atoms with van der Waals surface area (Å²) in [4.78, 5) is -2.45. The summed E-state index contributed by atoms with van der Waals surface area (Å²) in [6.07, 6.45) is 3.69. The summed E-state index contributed by atoms with van der Waals surface area (Å²) in [5.41, 5.74) is 0. The number of aliphatic hydroxyl groups excluding tert-OH is 2. The van der Waals surface area contributed by atoms with Crippen molar-refractivity contribution in [1.82, 2.24) is 0 Å². The fraction of sp³-hybridized carbons (Fsp3) is 0.667. The van der Waals surface area contributed by atoms with Gasteiger partial charge in [0.15, 0.2) is 4.33 Å². The Morgan fingerprint density at radius 1 is 0.905 bits per heavy atom. The maximum Gasteiger partial charge on any atom is 0.167 e. The second-order valence-corrected chi connectivity index (χ2v) is 8.73. The van der Waals surface area contributed by atoms with Crippen LogP contribution in [0.25, 0.3) is 0 Å². The number of alkyl halides is 5. The van der Waals surface area contributed by atoms with Gasteiger partial charge in [0.2, 0.25) is 0 Å². The molecule has 3 aliphatic carbocycles. The zero-order valence-corrected chi connectivity index (χ0v) is 15.6. The van der Waals surface area contributed by atoms with Crippen molar-refractivity contribution < 1.29 is 10.2 Å². The Balaban J connectivity index is 0.000000361. The highest BCUT2D eigenvalue weighted by Gasteiger charge is 2.83. The zero-order chi connectivity index (χ0) is 16.2. The Labute approximate surface area is 157 Å². The lowest BCUT2D eigenvalue weighted by molar-refractivity contribution is 0.186. The molecule has 0 aromatic carbocycles. The van der Waals surface area contributed by atoms with Crippen LogP contribution in [0.15, 0.2) is 22.2 Å². The highest BCUT2D eigenvalue weighted by Crippen LogP contribution is 2.78. The average Bonchev–Trinajstić information content (AvgIpc) is 2.93. The molecule has 3 rings (SSSR count). The minimum atomic E-state index is -1.48.